The van der Waals surface area contributed by atoms with Crippen molar-refractivity contribution in [1.82, 2.24) is 9.80 Å². The van der Waals surface area contributed by atoms with E-state index in [4.69, 9.17) is 4.74 Å². The summed E-state index contributed by atoms with van der Waals surface area (Å²) in [5.74, 6) is -1.22. The van der Waals surface area contributed by atoms with Gasteiger partial charge < -0.3 is 14.5 Å². The number of benzene rings is 1. The average molecular weight is 344 g/mol. The van der Waals surface area contributed by atoms with E-state index in [2.05, 4.69) is 0 Å². The summed E-state index contributed by atoms with van der Waals surface area (Å²) < 4.78 is 42.1. The van der Waals surface area contributed by atoms with Crippen molar-refractivity contribution in [3.05, 3.63) is 35.9 Å². The summed E-state index contributed by atoms with van der Waals surface area (Å²) in [6, 6.07) is 8.96. The van der Waals surface area contributed by atoms with Crippen molar-refractivity contribution in [2.45, 2.75) is 18.7 Å². The Morgan fingerprint density at radius 1 is 1.08 bits per heavy atom. The van der Waals surface area contributed by atoms with Crippen LogP contribution in [-0.4, -0.2) is 61.1 Å². The van der Waals surface area contributed by atoms with Crippen LogP contribution in [0.1, 0.15) is 18.1 Å². The molecule has 0 aliphatic carbocycles. The number of amides is 2. The molecule has 1 aromatic rings. The number of hydrogen-bond donors (Lipinski definition) is 0. The third-order valence-corrected chi connectivity index (χ3v) is 3.86. The Morgan fingerprint density at radius 2 is 1.62 bits per heavy atom. The molecule has 2 rings (SSSR count). The zero-order chi connectivity index (χ0) is 17.7. The van der Waals surface area contributed by atoms with E-state index in [1.165, 1.54) is 12.0 Å². The third kappa shape index (κ3) is 4.70. The van der Waals surface area contributed by atoms with Crippen LogP contribution < -0.4 is 0 Å². The average Bonchev–Trinajstić information content (AvgIpc) is 2.55. The molecule has 1 heterocycles. The minimum atomic E-state index is -4.52. The Kier molecular flexibility index (Phi) is 5.82. The lowest BCUT2D eigenvalue weighted by atomic mass is 10.1. The molecule has 0 bridgehead atoms. The molecule has 8 heteroatoms. The largest absolute Gasteiger partial charge is 0.397 e. The Morgan fingerprint density at radius 3 is 2.12 bits per heavy atom. The van der Waals surface area contributed by atoms with Gasteiger partial charge >= 0.3 is 6.18 Å². The molecule has 5 nitrogen and oxygen atoms in total. The van der Waals surface area contributed by atoms with E-state index in [-0.39, 0.29) is 32.1 Å². The molecule has 0 saturated carbocycles. The zero-order valence-electron chi connectivity index (χ0n) is 13.3. The monoisotopic (exact) mass is 344 g/mol. The van der Waals surface area contributed by atoms with Crippen molar-refractivity contribution in [3.63, 3.8) is 0 Å². The van der Waals surface area contributed by atoms with Gasteiger partial charge in [-0.1, -0.05) is 30.3 Å². The van der Waals surface area contributed by atoms with Crippen molar-refractivity contribution in [2.24, 2.45) is 0 Å². The molecule has 1 atom stereocenters. The summed E-state index contributed by atoms with van der Waals surface area (Å²) in [4.78, 5) is 26.8. The number of halogens is 3. The molecule has 0 N–H and O–H groups in total. The predicted molar refractivity (Wildman–Crippen MR) is 80.0 cm³/mol. The van der Waals surface area contributed by atoms with Gasteiger partial charge in [-0.25, -0.2) is 0 Å². The maximum absolute atomic E-state index is 12.6. The highest BCUT2D eigenvalue weighted by Crippen LogP contribution is 2.23. The maximum Gasteiger partial charge on any atom is 0.397 e. The van der Waals surface area contributed by atoms with Crippen LogP contribution in [0.2, 0.25) is 0 Å². The van der Waals surface area contributed by atoms with Crippen LogP contribution in [0, 0.1) is 0 Å². The van der Waals surface area contributed by atoms with Crippen molar-refractivity contribution in [2.75, 3.05) is 33.3 Å². The molecule has 0 aromatic heterocycles. The highest BCUT2D eigenvalue weighted by molar-refractivity contribution is 5.83. The molecule has 1 fully saturated rings. The van der Waals surface area contributed by atoms with E-state index < -0.39 is 24.6 Å². The minimum Gasteiger partial charge on any atom is -0.367 e. The lowest BCUT2D eigenvalue weighted by molar-refractivity contribution is -0.164. The Balaban J connectivity index is 1.94. The summed E-state index contributed by atoms with van der Waals surface area (Å²) in [6.07, 6.45) is -6.74. The van der Waals surface area contributed by atoms with Crippen molar-refractivity contribution >= 4 is 11.8 Å². The van der Waals surface area contributed by atoms with Gasteiger partial charge in [0.1, 0.15) is 6.42 Å². The van der Waals surface area contributed by atoms with E-state index in [0.29, 0.717) is 5.56 Å². The number of hydrogen-bond acceptors (Lipinski definition) is 3. The number of alkyl halides is 3. The molecule has 1 aliphatic heterocycles. The molecule has 1 aliphatic rings. The quantitative estimate of drug-likeness (QED) is 0.839. The molecule has 1 unspecified atom stereocenters. The second-order valence-corrected chi connectivity index (χ2v) is 5.52. The fraction of sp³-hybridized carbons (Fsp3) is 0.500. The number of carbonyl (C=O) groups is 2. The topological polar surface area (TPSA) is 49.9 Å². The van der Waals surface area contributed by atoms with Crippen LogP contribution >= 0.6 is 0 Å². The van der Waals surface area contributed by atoms with E-state index >= 15 is 0 Å². The predicted octanol–water partition coefficient (Wildman–Crippen LogP) is 2.00. The second kappa shape index (κ2) is 7.65. The molecule has 1 saturated heterocycles. The first-order chi connectivity index (χ1) is 11.3. The minimum absolute atomic E-state index is 0.0892. The standard InChI is InChI=1S/C16H19F3N2O3/c1-24-14(12-5-3-2-4-6-12)15(23)21-9-7-20(8-10-21)13(22)11-16(17,18)19/h2-6,14H,7-11H2,1H3. The second-order valence-electron chi connectivity index (χ2n) is 5.52. The van der Waals surface area contributed by atoms with Gasteiger partial charge in [0.25, 0.3) is 5.91 Å². The van der Waals surface area contributed by atoms with Gasteiger partial charge in [-0.15, -0.1) is 0 Å². The zero-order valence-corrected chi connectivity index (χ0v) is 13.3. The Bertz CT molecular complexity index is 570. The number of ether oxygens (including phenoxy) is 1. The van der Waals surface area contributed by atoms with Crippen LogP contribution in [-0.2, 0) is 14.3 Å². The first kappa shape index (κ1) is 18.3. The first-order valence-electron chi connectivity index (χ1n) is 7.53. The summed E-state index contributed by atoms with van der Waals surface area (Å²) in [5, 5.41) is 0. The lowest BCUT2D eigenvalue weighted by Gasteiger charge is -2.36. The van der Waals surface area contributed by atoms with Gasteiger partial charge in [0, 0.05) is 33.3 Å². The molecular formula is C16H19F3N2O3. The van der Waals surface area contributed by atoms with Crippen LogP contribution in [0.25, 0.3) is 0 Å². The summed E-state index contributed by atoms with van der Waals surface area (Å²) in [7, 11) is 1.43. The van der Waals surface area contributed by atoms with Crippen molar-refractivity contribution < 1.29 is 27.5 Å². The Hall–Kier alpha value is -2.09. The fourth-order valence-corrected chi connectivity index (χ4v) is 2.63. The van der Waals surface area contributed by atoms with Gasteiger partial charge in [-0.3, -0.25) is 9.59 Å². The molecule has 0 spiro atoms. The van der Waals surface area contributed by atoms with Gasteiger partial charge in [-0.05, 0) is 5.56 Å². The van der Waals surface area contributed by atoms with Crippen molar-refractivity contribution in [1.29, 1.82) is 0 Å². The van der Waals surface area contributed by atoms with Gasteiger partial charge in [0.2, 0.25) is 5.91 Å². The van der Waals surface area contributed by atoms with Gasteiger partial charge in [0.15, 0.2) is 6.10 Å². The molecule has 132 valence electrons. The first-order valence-corrected chi connectivity index (χ1v) is 7.53. The van der Waals surface area contributed by atoms with E-state index in [9.17, 15) is 22.8 Å². The van der Waals surface area contributed by atoms with Crippen LogP contribution in [0.4, 0.5) is 13.2 Å². The fourth-order valence-electron chi connectivity index (χ4n) is 2.63. The SMILES string of the molecule is COC(C(=O)N1CCN(C(=O)CC(F)(F)F)CC1)c1ccccc1. The number of nitrogens with zero attached hydrogens (tertiary/aromatic N) is 2. The number of piperazine rings is 1. The summed E-state index contributed by atoms with van der Waals surface area (Å²) in [6.45, 7) is 0.558. The normalized spacial score (nSPS) is 16.8. The maximum atomic E-state index is 12.6. The van der Waals surface area contributed by atoms with Crippen molar-refractivity contribution in [3.8, 4) is 0 Å². The van der Waals surface area contributed by atoms with E-state index in [1.54, 1.807) is 24.3 Å². The van der Waals surface area contributed by atoms with E-state index in [1.807, 2.05) is 6.07 Å². The third-order valence-electron chi connectivity index (χ3n) is 3.86. The number of rotatable bonds is 4. The summed E-state index contributed by atoms with van der Waals surface area (Å²) >= 11 is 0. The smallest absolute Gasteiger partial charge is 0.367 e. The molecule has 24 heavy (non-hydrogen) atoms. The number of carbonyl (C=O) groups excluding carboxylic acids is 2. The molecule has 1 aromatic carbocycles. The summed E-state index contributed by atoms with van der Waals surface area (Å²) in [5.41, 5.74) is 0.709. The molecule has 2 amide bonds. The van der Waals surface area contributed by atoms with Crippen LogP contribution in [0.15, 0.2) is 30.3 Å². The highest BCUT2D eigenvalue weighted by atomic mass is 19.4. The Labute approximate surface area is 138 Å². The van der Waals surface area contributed by atoms with Gasteiger partial charge in [-0.2, -0.15) is 13.2 Å². The van der Waals surface area contributed by atoms with Crippen LogP contribution in [0.5, 0.6) is 0 Å². The molecule has 0 radical (unpaired) electrons. The highest BCUT2D eigenvalue weighted by Gasteiger charge is 2.35. The number of methoxy groups -OCH3 is 1. The lowest BCUT2D eigenvalue weighted by Crippen LogP contribution is -2.52. The van der Waals surface area contributed by atoms with Crippen LogP contribution in [0.3, 0.4) is 0 Å². The molecular weight excluding hydrogens is 325 g/mol. The van der Waals surface area contributed by atoms with Gasteiger partial charge in [0.05, 0.1) is 0 Å². The van der Waals surface area contributed by atoms with E-state index in [0.717, 1.165) is 4.90 Å².